The van der Waals surface area contributed by atoms with Gasteiger partial charge in [0.1, 0.15) is 0 Å². The predicted octanol–water partition coefficient (Wildman–Crippen LogP) is 1.48. The molecule has 4 N–H and O–H groups in total. The average Bonchev–Trinajstić information content (AvgIpc) is 2.59. The van der Waals surface area contributed by atoms with Crippen LogP contribution in [-0.4, -0.2) is 49.5 Å². The lowest BCUT2D eigenvalue weighted by Gasteiger charge is -2.32. The van der Waals surface area contributed by atoms with Crippen LogP contribution >= 0.6 is 24.0 Å². The van der Waals surface area contributed by atoms with Crippen molar-refractivity contribution >= 4 is 35.8 Å². The highest BCUT2D eigenvalue weighted by Crippen LogP contribution is 2.11. The van der Waals surface area contributed by atoms with Crippen LogP contribution in [0.4, 0.5) is 0 Å². The minimum absolute atomic E-state index is 0. The largest absolute Gasteiger partial charge is 0.369 e. The SMILES string of the molecule is CCc1ccccc1CNC(=NC)NC1CCN(CC(N)=O)CC1.I. The van der Waals surface area contributed by atoms with Gasteiger partial charge in [-0.3, -0.25) is 14.7 Å². The number of carbonyl (C=O) groups is 1. The number of primary amides is 1. The number of nitrogens with zero attached hydrogens (tertiary/aromatic N) is 2. The van der Waals surface area contributed by atoms with Crippen LogP contribution < -0.4 is 16.4 Å². The lowest BCUT2D eigenvalue weighted by molar-refractivity contribution is -0.119. The van der Waals surface area contributed by atoms with Gasteiger partial charge in [-0.05, 0) is 30.4 Å². The molecule has 0 saturated carbocycles. The smallest absolute Gasteiger partial charge is 0.231 e. The molecule has 1 aromatic carbocycles. The molecule has 0 spiro atoms. The van der Waals surface area contributed by atoms with E-state index in [1.807, 2.05) is 0 Å². The van der Waals surface area contributed by atoms with Crippen molar-refractivity contribution in [3.8, 4) is 0 Å². The van der Waals surface area contributed by atoms with Crippen molar-refractivity contribution in [3.63, 3.8) is 0 Å². The molecule has 25 heavy (non-hydrogen) atoms. The van der Waals surface area contributed by atoms with E-state index < -0.39 is 0 Å². The Morgan fingerprint density at radius 1 is 1.28 bits per heavy atom. The van der Waals surface area contributed by atoms with Crippen LogP contribution in [-0.2, 0) is 17.8 Å². The van der Waals surface area contributed by atoms with Gasteiger partial charge in [0, 0.05) is 32.7 Å². The van der Waals surface area contributed by atoms with Crippen LogP contribution in [0.25, 0.3) is 0 Å². The van der Waals surface area contributed by atoms with E-state index >= 15 is 0 Å². The topological polar surface area (TPSA) is 82.8 Å². The second kappa shape index (κ2) is 11.3. The number of halogens is 1. The number of hydrogen-bond acceptors (Lipinski definition) is 3. The molecule has 1 aromatic rings. The Balaban J connectivity index is 0.00000312. The van der Waals surface area contributed by atoms with Gasteiger partial charge in [0.15, 0.2) is 5.96 Å². The molecule has 1 fully saturated rings. The number of piperidine rings is 1. The van der Waals surface area contributed by atoms with E-state index in [9.17, 15) is 4.79 Å². The zero-order valence-electron chi connectivity index (χ0n) is 15.1. The Morgan fingerprint density at radius 3 is 2.48 bits per heavy atom. The van der Waals surface area contributed by atoms with E-state index in [0.29, 0.717) is 12.6 Å². The molecule has 1 aliphatic rings. The van der Waals surface area contributed by atoms with E-state index in [2.05, 4.69) is 51.7 Å². The van der Waals surface area contributed by atoms with E-state index in [-0.39, 0.29) is 29.9 Å². The number of carbonyl (C=O) groups excluding carboxylic acids is 1. The summed E-state index contributed by atoms with van der Waals surface area (Å²) >= 11 is 0. The number of rotatable bonds is 6. The third-order valence-corrected chi connectivity index (χ3v) is 4.48. The summed E-state index contributed by atoms with van der Waals surface area (Å²) < 4.78 is 0. The first kappa shape index (κ1) is 21.7. The molecular weight excluding hydrogens is 429 g/mol. The van der Waals surface area contributed by atoms with Crippen LogP contribution in [0.2, 0.25) is 0 Å². The Hall–Kier alpha value is -1.35. The van der Waals surface area contributed by atoms with Crippen molar-refractivity contribution < 1.29 is 4.79 Å². The summed E-state index contributed by atoms with van der Waals surface area (Å²) in [5.41, 5.74) is 7.92. The molecule has 0 aliphatic carbocycles. The number of hydrogen-bond donors (Lipinski definition) is 3. The van der Waals surface area contributed by atoms with Crippen LogP contribution in [0, 0.1) is 0 Å². The van der Waals surface area contributed by atoms with Crippen molar-refractivity contribution in [1.82, 2.24) is 15.5 Å². The standard InChI is InChI=1S/C18H29N5O.HI/c1-3-14-6-4-5-7-15(14)12-21-18(20-2)22-16-8-10-23(11-9-16)13-17(19)24;/h4-7,16H,3,8-13H2,1-2H3,(H2,19,24)(H2,20,21,22);1H. The second-order valence-electron chi connectivity index (χ2n) is 6.21. The van der Waals surface area contributed by atoms with Crippen molar-refractivity contribution in [1.29, 1.82) is 0 Å². The third kappa shape index (κ3) is 7.19. The summed E-state index contributed by atoms with van der Waals surface area (Å²) in [6, 6.07) is 8.85. The maximum absolute atomic E-state index is 11.0. The van der Waals surface area contributed by atoms with Gasteiger partial charge in [0.25, 0.3) is 0 Å². The zero-order chi connectivity index (χ0) is 17.4. The van der Waals surface area contributed by atoms with Gasteiger partial charge in [-0.25, -0.2) is 0 Å². The lowest BCUT2D eigenvalue weighted by Crippen LogP contribution is -2.49. The van der Waals surface area contributed by atoms with Gasteiger partial charge >= 0.3 is 0 Å². The van der Waals surface area contributed by atoms with Crippen LogP contribution in [0.3, 0.4) is 0 Å². The molecule has 0 bridgehead atoms. The maximum Gasteiger partial charge on any atom is 0.231 e. The summed E-state index contributed by atoms with van der Waals surface area (Å²) in [4.78, 5) is 17.4. The highest BCUT2D eigenvalue weighted by molar-refractivity contribution is 14.0. The average molecular weight is 459 g/mol. The second-order valence-corrected chi connectivity index (χ2v) is 6.21. The number of aryl methyl sites for hydroxylation is 1. The molecule has 1 amide bonds. The van der Waals surface area contributed by atoms with Gasteiger partial charge in [0.05, 0.1) is 6.54 Å². The molecule has 140 valence electrons. The molecule has 0 aromatic heterocycles. The first-order valence-electron chi connectivity index (χ1n) is 8.67. The number of benzene rings is 1. The minimum Gasteiger partial charge on any atom is -0.369 e. The van der Waals surface area contributed by atoms with E-state index in [4.69, 9.17) is 5.73 Å². The third-order valence-electron chi connectivity index (χ3n) is 4.48. The first-order chi connectivity index (χ1) is 11.6. The summed E-state index contributed by atoms with van der Waals surface area (Å²) in [5.74, 6) is 0.572. The molecule has 6 nitrogen and oxygen atoms in total. The molecule has 0 unspecified atom stereocenters. The molecule has 0 atom stereocenters. The summed E-state index contributed by atoms with van der Waals surface area (Å²) in [6.07, 6.45) is 3.00. The fraction of sp³-hybridized carbons (Fsp3) is 0.556. The molecular formula is C18H30IN5O. The molecule has 0 radical (unpaired) electrons. The van der Waals surface area contributed by atoms with Gasteiger partial charge in [-0.2, -0.15) is 0 Å². The van der Waals surface area contributed by atoms with E-state index in [1.54, 1.807) is 7.05 Å². The highest BCUT2D eigenvalue weighted by Gasteiger charge is 2.20. The first-order valence-corrected chi connectivity index (χ1v) is 8.67. The quantitative estimate of drug-likeness (QED) is 0.342. The van der Waals surface area contributed by atoms with Crippen molar-refractivity contribution in [2.45, 2.75) is 38.8 Å². The van der Waals surface area contributed by atoms with Crippen molar-refractivity contribution in [3.05, 3.63) is 35.4 Å². The number of amides is 1. The normalized spacial score (nSPS) is 16.2. The van der Waals surface area contributed by atoms with Crippen LogP contribution in [0.1, 0.15) is 30.9 Å². The van der Waals surface area contributed by atoms with Gasteiger partial charge in [0.2, 0.25) is 5.91 Å². The monoisotopic (exact) mass is 459 g/mol. The molecule has 2 rings (SSSR count). The van der Waals surface area contributed by atoms with E-state index in [0.717, 1.165) is 44.9 Å². The molecule has 7 heteroatoms. The summed E-state index contributed by atoms with van der Waals surface area (Å²) in [7, 11) is 1.79. The van der Waals surface area contributed by atoms with Gasteiger partial charge in [-0.15, -0.1) is 24.0 Å². The number of likely N-dealkylation sites (tertiary alicyclic amines) is 1. The summed E-state index contributed by atoms with van der Waals surface area (Å²) in [5, 5.41) is 6.89. The Kier molecular flexibility index (Phi) is 9.81. The van der Waals surface area contributed by atoms with Crippen molar-refractivity contribution in [2.24, 2.45) is 10.7 Å². The Labute approximate surface area is 167 Å². The van der Waals surface area contributed by atoms with Crippen molar-refractivity contribution in [2.75, 3.05) is 26.7 Å². The molecule has 1 heterocycles. The highest BCUT2D eigenvalue weighted by atomic mass is 127. The number of aliphatic imine (C=N–C) groups is 1. The maximum atomic E-state index is 11.0. The predicted molar refractivity (Wildman–Crippen MR) is 113 cm³/mol. The Morgan fingerprint density at radius 2 is 1.92 bits per heavy atom. The number of guanidine groups is 1. The molecule has 1 aliphatic heterocycles. The van der Waals surface area contributed by atoms with Gasteiger partial charge in [-0.1, -0.05) is 31.2 Å². The number of nitrogens with one attached hydrogen (secondary N) is 2. The lowest BCUT2D eigenvalue weighted by atomic mass is 10.0. The number of nitrogens with two attached hydrogens (primary N) is 1. The zero-order valence-corrected chi connectivity index (χ0v) is 17.5. The van der Waals surface area contributed by atoms with Crippen LogP contribution in [0.15, 0.2) is 29.3 Å². The Bertz CT molecular complexity index is 570. The van der Waals surface area contributed by atoms with E-state index in [1.165, 1.54) is 11.1 Å². The fourth-order valence-electron chi connectivity index (χ4n) is 3.10. The van der Waals surface area contributed by atoms with Gasteiger partial charge < -0.3 is 16.4 Å². The van der Waals surface area contributed by atoms with Crippen LogP contribution in [0.5, 0.6) is 0 Å². The minimum atomic E-state index is -0.256. The summed E-state index contributed by atoms with van der Waals surface area (Å²) in [6.45, 7) is 5.07. The molecule has 1 saturated heterocycles. The fourth-order valence-corrected chi connectivity index (χ4v) is 3.10.